The summed E-state index contributed by atoms with van der Waals surface area (Å²) >= 11 is 0. The van der Waals surface area contributed by atoms with Gasteiger partial charge in [-0.25, -0.2) is 0 Å². The van der Waals surface area contributed by atoms with Gasteiger partial charge in [0.05, 0.1) is 0 Å². The van der Waals surface area contributed by atoms with Crippen molar-refractivity contribution in [3.63, 3.8) is 0 Å². The molecule has 1 aromatic rings. The first kappa shape index (κ1) is 37.3. The lowest BCUT2D eigenvalue weighted by atomic mass is 9.66. The van der Waals surface area contributed by atoms with Crippen LogP contribution in [-0.4, -0.2) is 11.6 Å². The molecule has 4 aliphatic rings. The van der Waals surface area contributed by atoms with Gasteiger partial charge in [-0.05, 0) is 107 Å². The van der Waals surface area contributed by atoms with Gasteiger partial charge < -0.3 is 0 Å². The van der Waals surface area contributed by atoms with Gasteiger partial charge in [0.25, 0.3) is 0 Å². The van der Waals surface area contributed by atoms with Crippen LogP contribution in [0.1, 0.15) is 182 Å². The summed E-state index contributed by atoms with van der Waals surface area (Å²) in [5.74, 6) is 3.21. The Morgan fingerprint density at radius 1 is 0.604 bits per heavy atom. The van der Waals surface area contributed by atoms with Crippen LogP contribution in [0.25, 0.3) is 12.2 Å². The van der Waals surface area contributed by atoms with E-state index in [1.807, 2.05) is 0 Å². The molecule has 1 aromatic carbocycles. The quantitative estimate of drug-likeness (QED) is 0.148. The predicted molar refractivity (Wildman–Crippen MR) is 205 cm³/mol. The van der Waals surface area contributed by atoms with Crippen molar-refractivity contribution in [2.45, 2.75) is 171 Å². The number of allylic oxidation sites excluding steroid dienone is 2. The number of rotatable bonds is 18. The first-order valence-electron chi connectivity index (χ1n) is 20.5. The number of carbonyl (C=O) groups is 2. The van der Waals surface area contributed by atoms with Gasteiger partial charge >= 0.3 is 0 Å². The van der Waals surface area contributed by atoms with Crippen LogP contribution in [0.4, 0.5) is 0 Å². The molecule has 0 amide bonds. The van der Waals surface area contributed by atoms with E-state index in [0.717, 1.165) is 72.6 Å². The second-order valence-corrected chi connectivity index (χ2v) is 17.9. The van der Waals surface area contributed by atoms with Gasteiger partial charge in [0.1, 0.15) is 0 Å². The molecule has 0 heterocycles. The molecule has 4 bridgehead atoms. The highest BCUT2D eigenvalue weighted by atomic mass is 16.1. The molecule has 0 aliphatic heterocycles. The molecule has 0 saturated heterocycles. The Balaban J connectivity index is 1.27. The van der Waals surface area contributed by atoms with Gasteiger partial charge in [0, 0.05) is 10.8 Å². The van der Waals surface area contributed by atoms with Crippen molar-refractivity contribution in [3.8, 4) is 0 Å². The molecule has 5 rings (SSSR count). The Morgan fingerprint density at radius 2 is 0.958 bits per heavy atom. The number of ketones is 2. The van der Waals surface area contributed by atoms with Gasteiger partial charge in [-0.1, -0.05) is 157 Å². The Hall–Kier alpha value is -1.96. The van der Waals surface area contributed by atoms with Gasteiger partial charge in [-0.2, -0.15) is 0 Å². The second-order valence-electron chi connectivity index (χ2n) is 17.9. The van der Waals surface area contributed by atoms with E-state index in [-0.39, 0.29) is 21.7 Å². The van der Waals surface area contributed by atoms with Crippen LogP contribution >= 0.6 is 0 Å². The van der Waals surface area contributed by atoms with Gasteiger partial charge in [0.2, 0.25) is 0 Å². The van der Waals surface area contributed by atoms with Crippen molar-refractivity contribution >= 4 is 23.7 Å². The van der Waals surface area contributed by atoms with Crippen LogP contribution in [-0.2, 0) is 9.59 Å². The van der Waals surface area contributed by atoms with E-state index in [4.69, 9.17) is 0 Å². The van der Waals surface area contributed by atoms with Crippen LogP contribution in [0.5, 0.6) is 0 Å². The Labute approximate surface area is 295 Å². The fourth-order valence-electron chi connectivity index (χ4n) is 11.6. The molecule has 0 N–H and O–H groups in total. The molecule has 0 aromatic heterocycles. The Kier molecular flexibility index (Phi) is 11.7. The molecule has 6 atom stereocenters. The van der Waals surface area contributed by atoms with E-state index in [1.165, 1.54) is 77.0 Å². The minimum Gasteiger partial charge on any atom is -0.294 e. The zero-order valence-corrected chi connectivity index (χ0v) is 32.3. The SMILES string of the molecule is CCCCC(CC)CCCC12CCC(/C(=C\c3ccc(/C=C4/C(=O)C5(CCCC(CC)CCCC)CCC4C5(C)C)cc3)C1=O)C2(C)C. The van der Waals surface area contributed by atoms with Crippen LogP contribution < -0.4 is 0 Å². The summed E-state index contributed by atoms with van der Waals surface area (Å²) in [5, 5.41) is 0. The van der Waals surface area contributed by atoms with Gasteiger partial charge in [-0.3, -0.25) is 9.59 Å². The number of hydrogen-bond acceptors (Lipinski definition) is 2. The highest BCUT2D eigenvalue weighted by molar-refractivity contribution is 6.09. The molecule has 4 fully saturated rings. The van der Waals surface area contributed by atoms with Crippen molar-refractivity contribution in [3.05, 3.63) is 46.5 Å². The number of Topliss-reactive ketones (excluding diaryl/α,β-unsaturated/α-hetero) is 2. The fourth-order valence-corrected chi connectivity index (χ4v) is 11.6. The first-order valence-corrected chi connectivity index (χ1v) is 20.5. The predicted octanol–water partition coefficient (Wildman–Crippen LogP) is 13.2. The molecule has 4 aliphatic carbocycles. The standard InChI is InChI=1S/C46H70O2/c1-9-13-17-33(11-3)19-15-27-45-29-25-39(43(45,5)6)37(41(45)47)31-35-21-23-36(24-22-35)32-38-40-26-30-46(42(38)48,44(40,7)8)28-16-20-34(12-4)18-14-10-2/h21-24,31-34,39-40H,9-20,25-30H2,1-8H3/b37-31+,38-32+. The molecule has 266 valence electrons. The minimum atomic E-state index is -0.186. The molecular formula is C46H70O2. The van der Waals surface area contributed by atoms with Gasteiger partial charge in [-0.15, -0.1) is 0 Å². The number of fused-ring (bicyclic) bond motifs is 4. The molecule has 48 heavy (non-hydrogen) atoms. The normalized spacial score (nSPS) is 31.4. The molecule has 0 radical (unpaired) electrons. The van der Waals surface area contributed by atoms with Crippen LogP contribution in [0, 0.1) is 45.3 Å². The smallest absolute Gasteiger partial charge is 0.165 e. The Morgan fingerprint density at radius 3 is 1.29 bits per heavy atom. The van der Waals surface area contributed by atoms with Crippen molar-refractivity contribution in [1.82, 2.24) is 0 Å². The molecule has 6 unspecified atom stereocenters. The highest BCUT2D eigenvalue weighted by Crippen LogP contribution is 2.69. The molecular weight excluding hydrogens is 585 g/mol. The minimum absolute atomic E-state index is 0.0310. The average Bonchev–Trinajstić information content (AvgIpc) is 3.59. The number of hydrogen-bond donors (Lipinski definition) is 0. The summed E-state index contributed by atoms with van der Waals surface area (Å²) in [7, 11) is 0. The van der Waals surface area contributed by atoms with Crippen LogP contribution in [0.3, 0.4) is 0 Å². The third-order valence-electron chi connectivity index (χ3n) is 15.2. The largest absolute Gasteiger partial charge is 0.294 e. The van der Waals surface area contributed by atoms with Crippen molar-refractivity contribution in [2.75, 3.05) is 0 Å². The maximum absolute atomic E-state index is 14.2. The lowest BCUT2D eigenvalue weighted by Gasteiger charge is -2.36. The molecule has 4 saturated carbocycles. The highest BCUT2D eigenvalue weighted by Gasteiger charge is 2.66. The lowest BCUT2D eigenvalue weighted by Crippen LogP contribution is -2.36. The maximum Gasteiger partial charge on any atom is 0.165 e. The van der Waals surface area contributed by atoms with E-state index in [1.54, 1.807) is 0 Å². The van der Waals surface area contributed by atoms with E-state index < -0.39 is 0 Å². The zero-order valence-electron chi connectivity index (χ0n) is 32.3. The molecule has 2 nitrogen and oxygen atoms in total. The summed E-state index contributed by atoms with van der Waals surface area (Å²) in [6, 6.07) is 8.71. The third kappa shape index (κ3) is 6.50. The van der Waals surface area contributed by atoms with Crippen molar-refractivity contribution < 1.29 is 9.59 Å². The van der Waals surface area contributed by atoms with E-state index in [9.17, 15) is 9.59 Å². The monoisotopic (exact) mass is 655 g/mol. The summed E-state index contributed by atoms with van der Waals surface area (Å²) in [5.41, 5.74) is 4.07. The number of carbonyl (C=O) groups excluding carboxylic acids is 2. The lowest BCUT2D eigenvalue weighted by molar-refractivity contribution is -0.128. The van der Waals surface area contributed by atoms with Crippen LogP contribution in [0.2, 0.25) is 0 Å². The van der Waals surface area contributed by atoms with E-state index >= 15 is 0 Å². The number of unbranched alkanes of at least 4 members (excludes halogenated alkanes) is 2. The fraction of sp³-hybridized carbons (Fsp3) is 0.739. The van der Waals surface area contributed by atoms with Crippen molar-refractivity contribution in [2.24, 2.45) is 45.3 Å². The topological polar surface area (TPSA) is 34.1 Å². The summed E-state index contributed by atoms with van der Waals surface area (Å²) in [6.07, 6.45) is 26.2. The zero-order chi connectivity index (χ0) is 34.7. The third-order valence-corrected chi connectivity index (χ3v) is 15.2. The van der Waals surface area contributed by atoms with E-state index in [2.05, 4.69) is 91.8 Å². The Bertz CT molecular complexity index is 1240. The second kappa shape index (κ2) is 15.1. The maximum atomic E-state index is 14.2. The molecule has 0 spiro atoms. The van der Waals surface area contributed by atoms with Crippen LogP contribution in [0.15, 0.2) is 35.4 Å². The summed E-state index contributed by atoms with van der Waals surface area (Å²) < 4.78 is 0. The van der Waals surface area contributed by atoms with E-state index in [0.29, 0.717) is 23.4 Å². The summed E-state index contributed by atoms with van der Waals surface area (Å²) in [6.45, 7) is 18.8. The number of benzene rings is 1. The van der Waals surface area contributed by atoms with Gasteiger partial charge in [0.15, 0.2) is 11.6 Å². The first-order chi connectivity index (χ1) is 22.9. The van der Waals surface area contributed by atoms with Crippen molar-refractivity contribution in [1.29, 1.82) is 0 Å². The summed E-state index contributed by atoms with van der Waals surface area (Å²) in [4.78, 5) is 28.4. The molecule has 2 heteroatoms. The average molecular weight is 655 g/mol.